The lowest BCUT2D eigenvalue weighted by molar-refractivity contribution is -0.122. The number of rotatable bonds is 8. The van der Waals surface area contributed by atoms with Gasteiger partial charge in [-0.15, -0.1) is 0 Å². The van der Waals surface area contributed by atoms with Crippen molar-refractivity contribution in [1.29, 1.82) is 0 Å². The number of methoxy groups -OCH3 is 1. The SMILES string of the molecule is CCCNC1CCN(CC(=O)NCCOC)CC1. The number of carbonyl (C=O) groups excluding carboxylic acids is 1. The minimum atomic E-state index is 0.104. The Hall–Kier alpha value is -0.650. The number of hydrogen-bond donors (Lipinski definition) is 2. The van der Waals surface area contributed by atoms with Gasteiger partial charge >= 0.3 is 0 Å². The zero-order chi connectivity index (χ0) is 13.2. The van der Waals surface area contributed by atoms with Crippen LogP contribution in [0.5, 0.6) is 0 Å². The number of amides is 1. The van der Waals surface area contributed by atoms with E-state index in [-0.39, 0.29) is 5.91 Å². The van der Waals surface area contributed by atoms with E-state index in [0.717, 1.165) is 32.5 Å². The molecule has 1 aliphatic rings. The van der Waals surface area contributed by atoms with Crippen molar-refractivity contribution in [1.82, 2.24) is 15.5 Å². The second-order valence-electron chi connectivity index (χ2n) is 4.85. The summed E-state index contributed by atoms with van der Waals surface area (Å²) in [6.07, 6.45) is 3.47. The van der Waals surface area contributed by atoms with Gasteiger partial charge in [-0.2, -0.15) is 0 Å². The maximum absolute atomic E-state index is 11.6. The minimum absolute atomic E-state index is 0.104. The molecule has 0 aromatic carbocycles. The maximum Gasteiger partial charge on any atom is 0.234 e. The smallest absolute Gasteiger partial charge is 0.234 e. The molecule has 0 aliphatic carbocycles. The second-order valence-corrected chi connectivity index (χ2v) is 4.85. The lowest BCUT2D eigenvalue weighted by Gasteiger charge is -2.31. The zero-order valence-electron chi connectivity index (χ0n) is 11.7. The molecule has 18 heavy (non-hydrogen) atoms. The molecule has 0 unspecified atom stereocenters. The van der Waals surface area contributed by atoms with Gasteiger partial charge in [-0.05, 0) is 25.8 Å². The molecule has 106 valence electrons. The summed E-state index contributed by atoms with van der Waals surface area (Å²) in [7, 11) is 1.64. The van der Waals surface area contributed by atoms with Crippen LogP contribution in [-0.2, 0) is 9.53 Å². The lowest BCUT2D eigenvalue weighted by Crippen LogP contribution is -2.46. The molecule has 0 radical (unpaired) electrons. The van der Waals surface area contributed by atoms with Crippen LogP contribution in [0.3, 0.4) is 0 Å². The fraction of sp³-hybridized carbons (Fsp3) is 0.923. The monoisotopic (exact) mass is 257 g/mol. The third kappa shape index (κ3) is 6.33. The van der Waals surface area contributed by atoms with Gasteiger partial charge in [0.2, 0.25) is 5.91 Å². The van der Waals surface area contributed by atoms with E-state index < -0.39 is 0 Å². The molecule has 2 N–H and O–H groups in total. The van der Waals surface area contributed by atoms with Gasteiger partial charge in [-0.1, -0.05) is 6.92 Å². The highest BCUT2D eigenvalue weighted by Crippen LogP contribution is 2.09. The Morgan fingerprint density at radius 1 is 1.33 bits per heavy atom. The molecule has 1 rings (SSSR count). The van der Waals surface area contributed by atoms with Crippen molar-refractivity contribution in [2.75, 3.05) is 46.4 Å². The van der Waals surface area contributed by atoms with Gasteiger partial charge in [0, 0.05) is 32.8 Å². The molecule has 1 aliphatic heterocycles. The quantitative estimate of drug-likeness (QED) is 0.611. The first kappa shape index (κ1) is 15.4. The zero-order valence-corrected chi connectivity index (χ0v) is 11.7. The molecule has 1 amide bonds. The predicted molar refractivity (Wildman–Crippen MR) is 72.6 cm³/mol. The third-order valence-electron chi connectivity index (χ3n) is 3.27. The Kier molecular flexibility index (Phi) is 7.96. The van der Waals surface area contributed by atoms with Crippen molar-refractivity contribution in [3.05, 3.63) is 0 Å². The van der Waals surface area contributed by atoms with E-state index in [9.17, 15) is 4.79 Å². The molecule has 5 heteroatoms. The molecule has 1 saturated heterocycles. The first-order valence-corrected chi connectivity index (χ1v) is 6.97. The summed E-state index contributed by atoms with van der Waals surface area (Å²) in [4.78, 5) is 13.8. The summed E-state index contributed by atoms with van der Waals surface area (Å²) in [5.74, 6) is 0.104. The first-order chi connectivity index (χ1) is 8.76. The number of hydrogen-bond acceptors (Lipinski definition) is 4. The Morgan fingerprint density at radius 3 is 2.67 bits per heavy atom. The Morgan fingerprint density at radius 2 is 2.06 bits per heavy atom. The molecule has 0 spiro atoms. The van der Waals surface area contributed by atoms with Crippen molar-refractivity contribution in [2.24, 2.45) is 0 Å². The number of ether oxygens (including phenoxy) is 1. The van der Waals surface area contributed by atoms with E-state index in [1.54, 1.807) is 7.11 Å². The molecule has 0 aromatic heterocycles. The van der Waals surface area contributed by atoms with Gasteiger partial charge in [0.1, 0.15) is 0 Å². The van der Waals surface area contributed by atoms with E-state index in [1.165, 1.54) is 6.42 Å². The Labute approximate surface area is 110 Å². The van der Waals surface area contributed by atoms with Crippen LogP contribution in [0.4, 0.5) is 0 Å². The number of nitrogens with one attached hydrogen (secondary N) is 2. The molecule has 1 fully saturated rings. The van der Waals surface area contributed by atoms with Crippen LogP contribution in [0.25, 0.3) is 0 Å². The fourth-order valence-corrected chi connectivity index (χ4v) is 2.20. The van der Waals surface area contributed by atoms with Gasteiger partial charge in [0.05, 0.1) is 13.2 Å². The van der Waals surface area contributed by atoms with Crippen LogP contribution in [-0.4, -0.2) is 63.3 Å². The highest BCUT2D eigenvalue weighted by atomic mass is 16.5. The Balaban J connectivity index is 2.09. The molecular weight excluding hydrogens is 230 g/mol. The fourth-order valence-electron chi connectivity index (χ4n) is 2.20. The summed E-state index contributed by atoms with van der Waals surface area (Å²) in [5, 5.41) is 6.40. The van der Waals surface area contributed by atoms with E-state index in [4.69, 9.17) is 4.74 Å². The summed E-state index contributed by atoms with van der Waals surface area (Å²) >= 11 is 0. The van der Waals surface area contributed by atoms with Crippen LogP contribution in [0.2, 0.25) is 0 Å². The molecule has 0 aromatic rings. The lowest BCUT2D eigenvalue weighted by atomic mass is 10.1. The van der Waals surface area contributed by atoms with Crippen molar-refractivity contribution >= 4 is 5.91 Å². The minimum Gasteiger partial charge on any atom is -0.383 e. The Bertz CT molecular complexity index is 228. The van der Waals surface area contributed by atoms with Crippen molar-refractivity contribution < 1.29 is 9.53 Å². The highest BCUT2D eigenvalue weighted by molar-refractivity contribution is 5.77. The molecular formula is C13H27N3O2. The van der Waals surface area contributed by atoms with Crippen molar-refractivity contribution in [2.45, 2.75) is 32.2 Å². The average Bonchev–Trinajstić information content (AvgIpc) is 2.38. The van der Waals surface area contributed by atoms with Gasteiger partial charge in [0.25, 0.3) is 0 Å². The van der Waals surface area contributed by atoms with Gasteiger partial charge in [0.15, 0.2) is 0 Å². The largest absolute Gasteiger partial charge is 0.383 e. The first-order valence-electron chi connectivity index (χ1n) is 6.97. The van der Waals surface area contributed by atoms with E-state index in [1.807, 2.05) is 0 Å². The van der Waals surface area contributed by atoms with Gasteiger partial charge < -0.3 is 15.4 Å². The van der Waals surface area contributed by atoms with Crippen LogP contribution in [0, 0.1) is 0 Å². The predicted octanol–water partition coefficient (Wildman–Crippen LogP) is 0.213. The van der Waals surface area contributed by atoms with Crippen molar-refractivity contribution in [3.8, 4) is 0 Å². The molecule has 0 bridgehead atoms. The topological polar surface area (TPSA) is 53.6 Å². The van der Waals surface area contributed by atoms with Crippen LogP contribution < -0.4 is 10.6 Å². The molecule has 1 heterocycles. The van der Waals surface area contributed by atoms with Gasteiger partial charge in [-0.25, -0.2) is 0 Å². The molecule has 5 nitrogen and oxygen atoms in total. The van der Waals surface area contributed by atoms with Gasteiger partial charge in [-0.3, -0.25) is 9.69 Å². The van der Waals surface area contributed by atoms with Crippen LogP contribution in [0.15, 0.2) is 0 Å². The summed E-state index contributed by atoms with van der Waals surface area (Å²) in [6, 6.07) is 0.637. The van der Waals surface area contributed by atoms with Crippen LogP contribution >= 0.6 is 0 Å². The second kappa shape index (κ2) is 9.30. The summed E-state index contributed by atoms with van der Waals surface area (Å²) in [6.45, 7) is 7.01. The maximum atomic E-state index is 11.6. The average molecular weight is 257 g/mol. The van der Waals surface area contributed by atoms with E-state index in [2.05, 4.69) is 22.5 Å². The highest BCUT2D eigenvalue weighted by Gasteiger charge is 2.19. The van der Waals surface area contributed by atoms with E-state index in [0.29, 0.717) is 25.7 Å². The van der Waals surface area contributed by atoms with Crippen molar-refractivity contribution in [3.63, 3.8) is 0 Å². The molecule has 0 saturated carbocycles. The third-order valence-corrected chi connectivity index (χ3v) is 3.27. The normalized spacial score (nSPS) is 17.9. The molecule has 0 atom stereocenters. The summed E-state index contributed by atoms with van der Waals surface area (Å²) in [5.41, 5.74) is 0. The summed E-state index contributed by atoms with van der Waals surface area (Å²) < 4.78 is 4.90. The number of nitrogens with zero attached hydrogens (tertiary/aromatic N) is 1. The number of piperidine rings is 1. The number of carbonyl (C=O) groups is 1. The van der Waals surface area contributed by atoms with Crippen LogP contribution in [0.1, 0.15) is 26.2 Å². The van der Waals surface area contributed by atoms with E-state index >= 15 is 0 Å². The standard InChI is InChI=1S/C13H27N3O2/c1-3-6-14-12-4-8-16(9-5-12)11-13(17)15-7-10-18-2/h12,14H,3-11H2,1-2H3,(H,15,17). The number of likely N-dealkylation sites (tertiary alicyclic amines) is 1.